The third-order valence-electron chi connectivity index (χ3n) is 1.05. The van der Waals surface area contributed by atoms with Crippen LogP contribution in [-0.4, -0.2) is 22.6 Å². The molecule has 1 aromatic rings. The second-order valence-corrected chi connectivity index (χ2v) is 5.33. The van der Waals surface area contributed by atoms with Gasteiger partial charge in [0, 0.05) is 0 Å². The summed E-state index contributed by atoms with van der Waals surface area (Å²) in [4.78, 5) is 0. The van der Waals surface area contributed by atoms with E-state index in [2.05, 4.69) is 0 Å². The molecule has 0 radical (unpaired) electrons. The second-order valence-electron chi connectivity index (χ2n) is 1.71. The molecule has 0 saturated heterocycles. The normalized spacial score (nSPS) is 9.11. The molecule has 46 valence electrons. The maximum atomic E-state index is 12.0. The van der Waals surface area contributed by atoms with Gasteiger partial charge in [-0.15, -0.1) is 0 Å². The van der Waals surface area contributed by atoms with Crippen molar-refractivity contribution in [1.82, 2.24) is 0 Å². The van der Waals surface area contributed by atoms with Gasteiger partial charge in [-0.3, -0.25) is 0 Å². The van der Waals surface area contributed by atoms with E-state index < -0.39 is 22.6 Å². The topological polar surface area (TPSA) is 0 Å². The van der Waals surface area contributed by atoms with Crippen molar-refractivity contribution >= 4 is 26.0 Å². The van der Waals surface area contributed by atoms with Crippen molar-refractivity contribution in [2.45, 2.75) is 0 Å². The molecule has 3 heteroatoms. The number of benzene rings is 1. The Kier molecular flexibility index (Phi) is 2.51. The van der Waals surface area contributed by atoms with Crippen LogP contribution in [0.3, 0.4) is 0 Å². The standard InChI is InChI=1S/C6H5.2FH.In/c1-2-4-6-5-3-1;;;/h1-5H;2*1H;/q;;;+2/p-2. The summed E-state index contributed by atoms with van der Waals surface area (Å²) in [6.45, 7) is 0. The SMILES string of the molecule is [F][In]([F])[c]1ccccc1. The Hall–Kier alpha value is -0.0499. The summed E-state index contributed by atoms with van der Waals surface area (Å²) in [5.74, 6) is 0. The first-order valence-corrected chi connectivity index (χ1v) is 6.77. The fourth-order valence-electron chi connectivity index (χ4n) is 0.599. The Morgan fingerprint density at radius 2 is 1.56 bits per heavy atom. The van der Waals surface area contributed by atoms with E-state index in [-0.39, 0.29) is 0 Å². The molecule has 0 N–H and O–H groups in total. The van der Waals surface area contributed by atoms with Gasteiger partial charge in [-0.25, -0.2) is 0 Å². The quantitative estimate of drug-likeness (QED) is 0.682. The van der Waals surface area contributed by atoms with E-state index in [4.69, 9.17) is 0 Å². The molecule has 1 rings (SSSR count). The Bertz CT molecular complexity index is 174. The van der Waals surface area contributed by atoms with E-state index >= 15 is 0 Å². The van der Waals surface area contributed by atoms with E-state index in [9.17, 15) is 5.33 Å². The summed E-state index contributed by atoms with van der Waals surface area (Å²) in [5, 5.41) is 0. The molecule has 9 heavy (non-hydrogen) atoms. The molecule has 0 saturated carbocycles. The van der Waals surface area contributed by atoms with Crippen molar-refractivity contribution < 1.29 is 5.33 Å². The molecule has 0 fully saturated rings. The maximum absolute atomic E-state index is 12.0. The van der Waals surface area contributed by atoms with Crippen LogP contribution in [0.25, 0.3) is 0 Å². The predicted octanol–water partition coefficient (Wildman–Crippen LogP) is 1.32. The fraction of sp³-hybridized carbons (Fsp3) is 0. The van der Waals surface area contributed by atoms with E-state index in [0.29, 0.717) is 3.32 Å². The van der Waals surface area contributed by atoms with E-state index in [1.165, 1.54) is 12.1 Å². The fourth-order valence-corrected chi connectivity index (χ4v) is 2.06. The van der Waals surface area contributed by atoms with E-state index in [1.807, 2.05) is 0 Å². The van der Waals surface area contributed by atoms with Crippen molar-refractivity contribution in [2.75, 3.05) is 0 Å². The summed E-state index contributed by atoms with van der Waals surface area (Å²) in [7, 11) is 0. The summed E-state index contributed by atoms with van der Waals surface area (Å²) in [6, 6.07) is 8.05. The van der Waals surface area contributed by atoms with Gasteiger partial charge in [0.05, 0.1) is 0 Å². The van der Waals surface area contributed by atoms with E-state index in [0.717, 1.165) is 0 Å². The minimum atomic E-state index is -4.14. The van der Waals surface area contributed by atoms with Gasteiger partial charge in [0.15, 0.2) is 0 Å². The first-order valence-electron chi connectivity index (χ1n) is 2.64. The zero-order chi connectivity index (χ0) is 6.69. The van der Waals surface area contributed by atoms with Crippen molar-refractivity contribution in [3.63, 3.8) is 0 Å². The van der Waals surface area contributed by atoms with Crippen LogP contribution in [0.5, 0.6) is 0 Å². The molecule has 0 nitrogen and oxygen atoms in total. The minimum absolute atomic E-state index is 0.291. The molecule has 0 aromatic heterocycles. The van der Waals surface area contributed by atoms with Crippen molar-refractivity contribution in [3.8, 4) is 0 Å². The summed E-state index contributed by atoms with van der Waals surface area (Å²) in [6.07, 6.45) is 0. The molecular formula is C6H5F2In. The van der Waals surface area contributed by atoms with Crippen LogP contribution in [0, 0.1) is 0 Å². The van der Waals surface area contributed by atoms with E-state index in [1.54, 1.807) is 18.2 Å². The molecule has 0 spiro atoms. The van der Waals surface area contributed by atoms with Gasteiger partial charge in [-0.2, -0.15) is 0 Å². The number of hydrogen-bond donors (Lipinski definition) is 0. The first-order chi connectivity index (χ1) is 4.30. The molecular weight excluding hydrogens is 225 g/mol. The Labute approximate surface area is 61.8 Å². The van der Waals surface area contributed by atoms with Crippen LogP contribution in [0.2, 0.25) is 0 Å². The predicted molar refractivity (Wildman–Crippen MR) is 34.0 cm³/mol. The van der Waals surface area contributed by atoms with Crippen LogP contribution in [0.4, 0.5) is 5.33 Å². The van der Waals surface area contributed by atoms with Gasteiger partial charge >= 0.3 is 61.6 Å². The number of rotatable bonds is 1. The zero-order valence-corrected chi connectivity index (χ0v) is 8.02. The monoisotopic (exact) mass is 230 g/mol. The molecule has 0 bridgehead atoms. The third kappa shape index (κ3) is 1.97. The van der Waals surface area contributed by atoms with Crippen LogP contribution in [0.15, 0.2) is 30.3 Å². The van der Waals surface area contributed by atoms with Crippen LogP contribution in [-0.2, 0) is 0 Å². The Morgan fingerprint density at radius 1 is 1.00 bits per heavy atom. The summed E-state index contributed by atoms with van der Waals surface area (Å²) >= 11 is -4.14. The van der Waals surface area contributed by atoms with Crippen molar-refractivity contribution in [2.24, 2.45) is 0 Å². The van der Waals surface area contributed by atoms with Gasteiger partial charge in [0.2, 0.25) is 0 Å². The van der Waals surface area contributed by atoms with Crippen LogP contribution < -0.4 is 3.32 Å². The van der Waals surface area contributed by atoms with Gasteiger partial charge in [-0.05, 0) is 0 Å². The number of hydrogen-bond acceptors (Lipinski definition) is 0. The number of halogens is 2. The third-order valence-corrected chi connectivity index (χ3v) is 3.59. The molecule has 0 aliphatic heterocycles. The Morgan fingerprint density at radius 3 is 1.89 bits per heavy atom. The van der Waals surface area contributed by atoms with Crippen LogP contribution >= 0.6 is 0 Å². The zero-order valence-electron chi connectivity index (χ0n) is 4.72. The molecule has 0 aliphatic rings. The van der Waals surface area contributed by atoms with Gasteiger partial charge in [-0.1, -0.05) is 0 Å². The molecule has 0 amide bonds. The molecule has 0 unspecified atom stereocenters. The van der Waals surface area contributed by atoms with Crippen LogP contribution in [0.1, 0.15) is 0 Å². The summed E-state index contributed by atoms with van der Waals surface area (Å²) in [5.41, 5.74) is 0. The second kappa shape index (κ2) is 3.20. The van der Waals surface area contributed by atoms with Gasteiger partial charge in [0.25, 0.3) is 0 Å². The van der Waals surface area contributed by atoms with Gasteiger partial charge < -0.3 is 0 Å². The molecule has 0 aliphatic carbocycles. The van der Waals surface area contributed by atoms with Gasteiger partial charge in [0.1, 0.15) is 0 Å². The van der Waals surface area contributed by atoms with Crippen molar-refractivity contribution in [3.05, 3.63) is 30.3 Å². The Balaban J connectivity index is 2.85. The average Bonchev–Trinajstić information content (AvgIpc) is 1.90. The molecule has 1 aromatic carbocycles. The van der Waals surface area contributed by atoms with Crippen molar-refractivity contribution in [1.29, 1.82) is 0 Å². The average molecular weight is 230 g/mol. The molecule has 0 atom stereocenters. The molecule has 0 heterocycles. The first kappa shape index (κ1) is 7.06. The summed E-state index contributed by atoms with van der Waals surface area (Å²) < 4.78 is 24.2.